The molecule has 2 aromatic carbocycles. The topological polar surface area (TPSA) is 121 Å². The highest BCUT2D eigenvalue weighted by atomic mass is 35.5. The first-order chi connectivity index (χ1) is 19.5. The minimum Gasteiger partial charge on any atom is -0.444 e. The Kier molecular flexibility index (Phi) is 7.91. The number of hydrogen-bond donors (Lipinski definition) is 4. The summed E-state index contributed by atoms with van der Waals surface area (Å²) in [6.45, 7) is 7.47. The molecule has 0 saturated heterocycles. The fraction of sp³-hybridized carbons (Fsp3) is 0.355. The molecule has 2 amide bonds. The zero-order chi connectivity index (χ0) is 29.2. The average Bonchev–Trinajstić information content (AvgIpc) is 3.33. The van der Waals surface area contributed by atoms with E-state index in [4.69, 9.17) is 21.3 Å². The normalized spacial score (nSPS) is 19.0. The van der Waals surface area contributed by atoms with Crippen molar-refractivity contribution in [2.24, 2.45) is 0 Å². The zero-order valence-corrected chi connectivity index (χ0v) is 24.4. The fourth-order valence-corrected chi connectivity index (χ4v) is 5.46. The lowest BCUT2D eigenvalue weighted by molar-refractivity contribution is 0.0635. The third kappa shape index (κ3) is 6.97. The van der Waals surface area contributed by atoms with Crippen LogP contribution in [0.1, 0.15) is 63.7 Å². The second-order valence-electron chi connectivity index (χ2n) is 11.8. The summed E-state index contributed by atoms with van der Waals surface area (Å²) in [6.07, 6.45) is 6.44. The Labute approximate surface area is 244 Å². The number of ether oxygens (including phenoxy) is 1. The molecule has 5 rings (SSSR count). The molecular weight excluding hydrogens is 540 g/mol. The molecule has 9 nitrogen and oxygen atoms in total. The van der Waals surface area contributed by atoms with Gasteiger partial charge < -0.3 is 20.4 Å². The van der Waals surface area contributed by atoms with Crippen molar-refractivity contribution in [1.82, 2.24) is 20.3 Å². The first-order valence-electron chi connectivity index (χ1n) is 13.8. The molecule has 4 aromatic rings. The lowest BCUT2D eigenvalue weighted by Gasteiger charge is -2.39. The Morgan fingerprint density at radius 1 is 1.12 bits per heavy atom. The van der Waals surface area contributed by atoms with Gasteiger partial charge >= 0.3 is 6.09 Å². The van der Waals surface area contributed by atoms with Crippen LogP contribution in [-0.2, 0) is 4.74 Å². The zero-order valence-electron chi connectivity index (χ0n) is 23.7. The molecule has 1 saturated carbocycles. The van der Waals surface area contributed by atoms with E-state index in [9.17, 15) is 9.59 Å². The highest BCUT2D eigenvalue weighted by Crippen LogP contribution is 2.34. The van der Waals surface area contributed by atoms with Crippen LogP contribution >= 0.6 is 11.6 Å². The van der Waals surface area contributed by atoms with Gasteiger partial charge in [-0.3, -0.25) is 10.1 Å². The van der Waals surface area contributed by atoms with E-state index < -0.39 is 17.2 Å². The van der Waals surface area contributed by atoms with E-state index in [-0.39, 0.29) is 11.9 Å². The van der Waals surface area contributed by atoms with E-state index in [0.717, 1.165) is 35.7 Å². The SMILES string of the molecule is CC1(NC(=O)c2ccc(NC(=O)OC(C)(C)C)cc2)CCCC(Nc2ncc(Cl)c(-c3c[nH]c4ccccc34)n2)C1. The molecule has 1 fully saturated rings. The van der Waals surface area contributed by atoms with Crippen molar-refractivity contribution in [2.75, 3.05) is 10.6 Å². The molecule has 0 spiro atoms. The monoisotopic (exact) mass is 574 g/mol. The van der Waals surface area contributed by atoms with Crippen molar-refractivity contribution >= 4 is 46.1 Å². The summed E-state index contributed by atoms with van der Waals surface area (Å²) in [6, 6.07) is 14.9. The van der Waals surface area contributed by atoms with Gasteiger partial charge in [0.2, 0.25) is 5.95 Å². The number of benzene rings is 2. The number of halogens is 1. The Morgan fingerprint density at radius 3 is 2.63 bits per heavy atom. The molecule has 2 heterocycles. The van der Waals surface area contributed by atoms with E-state index in [1.165, 1.54) is 0 Å². The van der Waals surface area contributed by atoms with Crippen molar-refractivity contribution in [3.63, 3.8) is 0 Å². The van der Waals surface area contributed by atoms with Gasteiger partial charge in [0.05, 0.1) is 16.9 Å². The van der Waals surface area contributed by atoms with Crippen molar-refractivity contribution in [2.45, 2.75) is 70.6 Å². The Hall–Kier alpha value is -4.11. The van der Waals surface area contributed by atoms with Gasteiger partial charge in [0.15, 0.2) is 0 Å². The van der Waals surface area contributed by atoms with Gasteiger partial charge in [0.25, 0.3) is 5.91 Å². The lowest BCUT2D eigenvalue weighted by Crippen LogP contribution is -2.51. The number of nitrogens with zero attached hydrogens (tertiary/aromatic N) is 2. The van der Waals surface area contributed by atoms with Crippen LogP contribution in [0.5, 0.6) is 0 Å². The maximum absolute atomic E-state index is 13.1. The first-order valence-corrected chi connectivity index (χ1v) is 14.1. The molecule has 0 bridgehead atoms. The third-order valence-corrected chi connectivity index (χ3v) is 7.38. The predicted octanol–water partition coefficient (Wildman–Crippen LogP) is 7.17. The van der Waals surface area contributed by atoms with Crippen LogP contribution < -0.4 is 16.0 Å². The van der Waals surface area contributed by atoms with Crippen molar-refractivity contribution in [3.8, 4) is 11.3 Å². The summed E-state index contributed by atoms with van der Waals surface area (Å²) in [4.78, 5) is 37.6. The Balaban J connectivity index is 1.22. The number of anilines is 2. The number of carbonyl (C=O) groups is 2. The van der Waals surface area contributed by atoms with Gasteiger partial charge in [-0.1, -0.05) is 29.8 Å². The second-order valence-corrected chi connectivity index (χ2v) is 12.2. The van der Waals surface area contributed by atoms with E-state index in [1.807, 2.05) is 30.5 Å². The minimum absolute atomic E-state index is 0.0754. The van der Waals surface area contributed by atoms with Gasteiger partial charge in [-0.25, -0.2) is 14.8 Å². The van der Waals surface area contributed by atoms with Gasteiger partial charge in [0, 0.05) is 45.5 Å². The van der Waals surface area contributed by atoms with Gasteiger partial charge in [-0.15, -0.1) is 0 Å². The third-order valence-electron chi connectivity index (χ3n) is 7.11. The van der Waals surface area contributed by atoms with E-state index in [1.54, 1.807) is 51.2 Å². The molecule has 2 atom stereocenters. The number of para-hydroxylation sites is 1. The highest BCUT2D eigenvalue weighted by Gasteiger charge is 2.34. The molecule has 2 aromatic heterocycles. The smallest absolute Gasteiger partial charge is 0.412 e. The summed E-state index contributed by atoms with van der Waals surface area (Å²) in [5.74, 6) is 0.338. The number of carbonyl (C=O) groups excluding carboxylic acids is 2. The molecular formula is C31H35ClN6O3. The van der Waals surface area contributed by atoms with Crippen LogP contribution in [0.4, 0.5) is 16.4 Å². The summed E-state index contributed by atoms with van der Waals surface area (Å²) < 4.78 is 5.28. The number of nitrogens with one attached hydrogen (secondary N) is 4. The lowest BCUT2D eigenvalue weighted by atomic mass is 9.80. The summed E-state index contributed by atoms with van der Waals surface area (Å²) >= 11 is 6.51. The van der Waals surface area contributed by atoms with Crippen LogP contribution in [0, 0.1) is 0 Å². The molecule has 0 radical (unpaired) electrons. The van der Waals surface area contributed by atoms with Crippen LogP contribution in [0.2, 0.25) is 5.02 Å². The summed E-state index contributed by atoms with van der Waals surface area (Å²) in [5, 5.41) is 10.9. The van der Waals surface area contributed by atoms with Crippen LogP contribution in [0.15, 0.2) is 60.9 Å². The van der Waals surface area contributed by atoms with Crippen molar-refractivity contribution in [1.29, 1.82) is 0 Å². The maximum atomic E-state index is 13.1. The molecule has 41 heavy (non-hydrogen) atoms. The van der Waals surface area contributed by atoms with Gasteiger partial charge in [0.1, 0.15) is 5.60 Å². The number of fused-ring (bicyclic) bond motifs is 1. The molecule has 10 heteroatoms. The van der Waals surface area contributed by atoms with E-state index in [0.29, 0.717) is 34.3 Å². The highest BCUT2D eigenvalue weighted by molar-refractivity contribution is 6.33. The van der Waals surface area contributed by atoms with Crippen molar-refractivity contribution in [3.05, 3.63) is 71.5 Å². The number of aromatic amines is 1. The average molecular weight is 575 g/mol. The Morgan fingerprint density at radius 2 is 1.88 bits per heavy atom. The van der Waals surface area contributed by atoms with E-state index in [2.05, 4.69) is 32.8 Å². The summed E-state index contributed by atoms with van der Waals surface area (Å²) in [7, 11) is 0. The molecule has 0 aliphatic heterocycles. The number of aromatic nitrogens is 3. The molecule has 1 aliphatic carbocycles. The number of amides is 2. The van der Waals surface area contributed by atoms with E-state index >= 15 is 0 Å². The van der Waals surface area contributed by atoms with Crippen LogP contribution in [-0.4, -0.2) is 44.1 Å². The number of hydrogen-bond acceptors (Lipinski definition) is 6. The quantitative estimate of drug-likeness (QED) is 0.194. The maximum Gasteiger partial charge on any atom is 0.412 e. The van der Waals surface area contributed by atoms with Crippen molar-refractivity contribution < 1.29 is 14.3 Å². The second kappa shape index (κ2) is 11.4. The van der Waals surface area contributed by atoms with Crippen LogP contribution in [0.25, 0.3) is 22.2 Å². The van der Waals surface area contributed by atoms with Gasteiger partial charge in [-0.05, 0) is 83.7 Å². The first kappa shape index (κ1) is 28.4. The van der Waals surface area contributed by atoms with Crippen LogP contribution in [0.3, 0.4) is 0 Å². The molecule has 1 aliphatic rings. The largest absolute Gasteiger partial charge is 0.444 e. The Bertz CT molecular complexity index is 1560. The predicted molar refractivity (Wildman–Crippen MR) is 162 cm³/mol. The minimum atomic E-state index is -0.592. The molecule has 4 N–H and O–H groups in total. The number of H-pyrrole nitrogens is 1. The summed E-state index contributed by atoms with van der Waals surface area (Å²) in [5.41, 5.74) is 2.67. The van der Waals surface area contributed by atoms with Gasteiger partial charge in [-0.2, -0.15) is 0 Å². The standard InChI is InChI=1S/C31H35ClN6O3/c1-30(2,3)41-29(40)36-20-13-11-19(12-14-20)27(39)38-31(4)15-7-8-21(16-31)35-28-34-18-24(32)26(37-28)23-17-33-25-10-6-5-9-22(23)25/h5-6,9-14,17-18,21,33H,7-8,15-16H2,1-4H3,(H,36,40)(H,38,39)(H,34,35,37). The molecule has 214 valence electrons. The molecule has 2 unspecified atom stereocenters. The fourth-order valence-electron chi connectivity index (χ4n) is 5.27. The number of rotatable bonds is 6.